The molecule has 0 spiro atoms. The quantitative estimate of drug-likeness (QED) is 0.735. The zero-order chi connectivity index (χ0) is 19.4. The molecule has 0 unspecified atom stereocenters. The topological polar surface area (TPSA) is 54.5 Å². The van der Waals surface area contributed by atoms with Gasteiger partial charge in [-0.1, -0.05) is 24.3 Å². The molecule has 1 amide bonds. The molecule has 0 radical (unpaired) electrons. The largest absolute Gasteiger partial charge is 0.343 e. The van der Waals surface area contributed by atoms with Crippen LogP contribution in [0, 0.1) is 12.7 Å². The van der Waals surface area contributed by atoms with Crippen molar-refractivity contribution in [1.82, 2.24) is 4.90 Å². The van der Waals surface area contributed by atoms with Crippen LogP contribution in [0.2, 0.25) is 0 Å². The summed E-state index contributed by atoms with van der Waals surface area (Å²) in [6.45, 7) is 2.92. The van der Waals surface area contributed by atoms with Crippen LogP contribution in [0.1, 0.15) is 30.4 Å². The summed E-state index contributed by atoms with van der Waals surface area (Å²) < 4.78 is 38.4. The first kappa shape index (κ1) is 19.5. The van der Waals surface area contributed by atoms with Crippen LogP contribution >= 0.6 is 0 Å². The van der Waals surface area contributed by atoms with E-state index in [2.05, 4.69) is 0 Å². The van der Waals surface area contributed by atoms with E-state index in [0.717, 1.165) is 12.1 Å². The highest BCUT2D eigenvalue weighted by Crippen LogP contribution is 2.25. The number of likely N-dealkylation sites (tertiary alicyclic amines) is 1. The average Bonchev–Trinajstić information content (AvgIpc) is 2.67. The number of benzene rings is 2. The maximum absolute atomic E-state index is 13.0. The smallest absolute Gasteiger partial charge is 0.222 e. The predicted octanol–water partition coefficient (Wildman–Crippen LogP) is 3.53. The minimum absolute atomic E-state index is 0.0656. The third-order valence-corrected chi connectivity index (χ3v) is 7.52. The molecule has 3 rings (SSSR count). The van der Waals surface area contributed by atoms with Crippen molar-refractivity contribution in [2.24, 2.45) is 0 Å². The lowest BCUT2D eigenvalue weighted by molar-refractivity contribution is -0.132. The van der Waals surface area contributed by atoms with Gasteiger partial charge >= 0.3 is 0 Å². The zero-order valence-corrected chi connectivity index (χ0v) is 16.2. The van der Waals surface area contributed by atoms with Crippen molar-refractivity contribution >= 4 is 15.7 Å². The monoisotopic (exact) mass is 389 g/mol. The molecule has 0 N–H and O–H groups in total. The SMILES string of the molecule is Cc1ccccc1CCC(=O)N1CCC(S(=O)(=O)c2ccc(F)cc2)CC1. The van der Waals surface area contributed by atoms with Crippen LogP contribution in [-0.4, -0.2) is 37.6 Å². The molecule has 27 heavy (non-hydrogen) atoms. The number of carbonyl (C=O) groups is 1. The Balaban J connectivity index is 1.56. The lowest BCUT2D eigenvalue weighted by Crippen LogP contribution is -2.42. The fourth-order valence-electron chi connectivity index (χ4n) is 3.52. The predicted molar refractivity (Wildman–Crippen MR) is 103 cm³/mol. The van der Waals surface area contributed by atoms with Gasteiger partial charge < -0.3 is 4.90 Å². The van der Waals surface area contributed by atoms with E-state index < -0.39 is 20.9 Å². The summed E-state index contributed by atoms with van der Waals surface area (Å²) >= 11 is 0. The summed E-state index contributed by atoms with van der Waals surface area (Å²) in [7, 11) is -3.49. The number of amides is 1. The fraction of sp³-hybridized carbons (Fsp3) is 0.381. The Kier molecular flexibility index (Phi) is 5.95. The van der Waals surface area contributed by atoms with Gasteiger partial charge in [0.1, 0.15) is 5.82 Å². The second-order valence-electron chi connectivity index (χ2n) is 7.01. The number of hydrogen-bond donors (Lipinski definition) is 0. The molecule has 2 aromatic carbocycles. The van der Waals surface area contributed by atoms with E-state index in [0.29, 0.717) is 38.8 Å². The van der Waals surface area contributed by atoms with Crippen LogP contribution in [0.25, 0.3) is 0 Å². The van der Waals surface area contributed by atoms with Gasteiger partial charge in [0.2, 0.25) is 5.91 Å². The lowest BCUT2D eigenvalue weighted by atomic mass is 10.0. The normalized spacial score (nSPS) is 15.7. The van der Waals surface area contributed by atoms with E-state index in [1.54, 1.807) is 4.90 Å². The highest BCUT2D eigenvalue weighted by atomic mass is 32.2. The number of halogens is 1. The first-order chi connectivity index (χ1) is 12.9. The van der Waals surface area contributed by atoms with Crippen LogP contribution in [0.4, 0.5) is 4.39 Å². The van der Waals surface area contributed by atoms with Crippen molar-refractivity contribution in [3.05, 3.63) is 65.5 Å². The van der Waals surface area contributed by atoms with Gasteiger partial charge in [-0.15, -0.1) is 0 Å². The zero-order valence-electron chi connectivity index (χ0n) is 15.4. The van der Waals surface area contributed by atoms with E-state index in [1.165, 1.54) is 23.3 Å². The van der Waals surface area contributed by atoms with Crippen molar-refractivity contribution in [1.29, 1.82) is 0 Å². The maximum atomic E-state index is 13.0. The molecular formula is C21H24FNO3S. The minimum Gasteiger partial charge on any atom is -0.343 e. The van der Waals surface area contributed by atoms with Gasteiger partial charge in [-0.2, -0.15) is 0 Å². The van der Waals surface area contributed by atoms with Gasteiger partial charge in [0.15, 0.2) is 9.84 Å². The Morgan fingerprint density at radius 3 is 2.33 bits per heavy atom. The Morgan fingerprint density at radius 2 is 1.70 bits per heavy atom. The van der Waals surface area contributed by atoms with E-state index in [4.69, 9.17) is 0 Å². The molecule has 0 aromatic heterocycles. The molecule has 144 valence electrons. The van der Waals surface area contributed by atoms with Gasteiger partial charge in [-0.05, 0) is 61.6 Å². The molecule has 1 saturated heterocycles. The van der Waals surface area contributed by atoms with Gasteiger partial charge in [-0.3, -0.25) is 4.79 Å². The van der Waals surface area contributed by atoms with Gasteiger partial charge in [0, 0.05) is 19.5 Å². The third kappa shape index (κ3) is 4.56. The van der Waals surface area contributed by atoms with Crippen LogP contribution in [0.15, 0.2) is 53.4 Å². The molecule has 1 fully saturated rings. The standard InChI is InChI=1S/C21H24FNO3S/c1-16-4-2-3-5-17(16)6-11-21(24)23-14-12-20(13-15-23)27(25,26)19-9-7-18(22)8-10-19/h2-5,7-10,20H,6,11-15H2,1H3. The van der Waals surface area contributed by atoms with Crippen molar-refractivity contribution in [3.8, 4) is 0 Å². The lowest BCUT2D eigenvalue weighted by Gasteiger charge is -2.32. The summed E-state index contributed by atoms with van der Waals surface area (Å²) in [5.41, 5.74) is 2.34. The Bertz CT molecular complexity index is 901. The van der Waals surface area contributed by atoms with Gasteiger partial charge in [-0.25, -0.2) is 12.8 Å². The number of sulfone groups is 1. The van der Waals surface area contributed by atoms with Crippen molar-refractivity contribution < 1.29 is 17.6 Å². The first-order valence-corrected chi connectivity index (χ1v) is 10.7. The molecule has 1 aliphatic heterocycles. The van der Waals surface area contributed by atoms with Crippen molar-refractivity contribution in [3.63, 3.8) is 0 Å². The molecule has 6 heteroatoms. The Hall–Kier alpha value is -2.21. The molecule has 0 saturated carbocycles. The second-order valence-corrected chi connectivity index (χ2v) is 9.23. The number of nitrogens with zero attached hydrogens (tertiary/aromatic N) is 1. The van der Waals surface area contributed by atoms with Gasteiger partial charge in [0.05, 0.1) is 10.1 Å². The van der Waals surface area contributed by atoms with Crippen LogP contribution in [-0.2, 0) is 21.1 Å². The summed E-state index contributed by atoms with van der Waals surface area (Å²) in [6.07, 6.45) is 1.95. The van der Waals surface area contributed by atoms with Crippen LogP contribution < -0.4 is 0 Å². The Morgan fingerprint density at radius 1 is 1.07 bits per heavy atom. The Labute approximate surface area is 159 Å². The summed E-state index contributed by atoms with van der Waals surface area (Å²) in [6, 6.07) is 13.0. The van der Waals surface area contributed by atoms with Crippen molar-refractivity contribution in [2.45, 2.75) is 42.8 Å². The molecule has 0 bridgehead atoms. The summed E-state index contributed by atoms with van der Waals surface area (Å²) in [4.78, 5) is 14.4. The van der Waals surface area contributed by atoms with E-state index in [1.807, 2.05) is 31.2 Å². The van der Waals surface area contributed by atoms with E-state index in [9.17, 15) is 17.6 Å². The number of hydrogen-bond acceptors (Lipinski definition) is 3. The van der Waals surface area contributed by atoms with E-state index >= 15 is 0 Å². The first-order valence-electron chi connectivity index (χ1n) is 9.19. The number of piperidine rings is 1. The highest BCUT2D eigenvalue weighted by Gasteiger charge is 2.32. The second kappa shape index (κ2) is 8.21. The molecule has 1 aliphatic rings. The molecule has 2 aromatic rings. The maximum Gasteiger partial charge on any atom is 0.222 e. The van der Waals surface area contributed by atoms with E-state index in [-0.39, 0.29) is 10.8 Å². The molecule has 0 atom stereocenters. The van der Waals surface area contributed by atoms with Crippen molar-refractivity contribution in [2.75, 3.05) is 13.1 Å². The van der Waals surface area contributed by atoms with Crippen LogP contribution in [0.5, 0.6) is 0 Å². The molecule has 0 aliphatic carbocycles. The third-order valence-electron chi connectivity index (χ3n) is 5.25. The minimum atomic E-state index is -3.49. The number of rotatable bonds is 5. The highest BCUT2D eigenvalue weighted by molar-refractivity contribution is 7.92. The molecule has 4 nitrogen and oxygen atoms in total. The van der Waals surface area contributed by atoms with Crippen LogP contribution in [0.3, 0.4) is 0 Å². The average molecular weight is 389 g/mol. The molecular weight excluding hydrogens is 365 g/mol. The molecule has 1 heterocycles. The summed E-state index contributed by atoms with van der Waals surface area (Å²) in [5.74, 6) is -0.390. The fourth-order valence-corrected chi connectivity index (χ4v) is 5.25. The van der Waals surface area contributed by atoms with Gasteiger partial charge in [0.25, 0.3) is 0 Å². The number of carbonyl (C=O) groups excluding carboxylic acids is 1. The number of aryl methyl sites for hydroxylation is 2. The summed E-state index contributed by atoms with van der Waals surface area (Å²) in [5, 5.41) is -0.525.